The summed E-state index contributed by atoms with van der Waals surface area (Å²) < 4.78 is 0. The van der Waals surface area contributed by atoms with Crippen LogP contribution in [0.4, 0.5) is 11.4 Å². The largest absolute Gasteiger partial charge is 0.399 e. The monoisotopic (exact) mass is 221 g/mol. The van der Waals surface area contributed by atoms with E-state index in [1.807, 2.05) is 18.2 Å². The van der Waals surface area contributed by atoms with Gasteiger partial charge in [-0.2, -0.15) is 0 Å². The standard InChI is InChI=1S/C13H23N3/c1-10(2)16(4)8-7-15-13-9-12(14)6-5-11(13)3/h5-6,9-10,15H,7-8,14H2,1-4H3. The maximum Gasteiger partial charge on any atom is 0.0390 e. The molecule has 1 rings (SSSR count). The van der Waals surface area contributed by atoms with Crippen LogP contribution in [-0.2, 0) is 0 Å². The first-order valence-corrected chi connectivity index (χ1v) is 5.81. The minimum Gasteiger partial charge on any atom is -0.399 e. The molecule has 0 aliphatic carbocycles. The third kappa shape index (κ3) is 3.74. The number of likely N-dealkylation sites (N-methyl/N-ethyl adjacent to an activating group) is 1. The van der Waals surface area contributed by atoms with Crippen LogP contribution in [0, 0.1) is 6.92 Å². The fraction of sp³-hybridized carbons (Fsp3) is 0.538. The molecule has 90 valence electrons. The summed E-state index contributed by atoms with van der Waals surface area (Å²) in [6.45, 7) is 8.47. The predicted molar refractivity (Wildman–Crippen MR) is 71.8 cm³/mol. The van der Waals surface area contributed by atoms with E-state index in [2.05, 4.69) is 38.0 Å². The van der Waals surface area contributed by atoms with Crippen LogP contribution >= 0.6 is 0 Å². The van der Waals surface area contributed by atoms with Gasteiger partial charge in [-0.05, 0) is 45.5 Å². The number of hydrogen-bond acceptors (Lipinski definition) is 3. The van der Waals surface area contributed by atoms with Gasteiger partial charge in [-0.3, -0.25) is 0 Å². The van der Waals surface area contributed by atoms with Gasteiger partial charge in [0, 0.05) is 30.5 Å². The van der Waals surface area contributed by atoms with Crippen molar-refractivity contribution in [3.05, 3.63) is 23.8 Å². The van der Waals surface area contributed by atoms with Crippen molar-refractivity contribution < 1.29 is 0 Å². The summed E-state index contributed by atoms with van der Waals surface area (Å²) in [5, 5.41) is 3.42. The van der Waals surface area contributed by atoms with Gasteiger partial charge >= 0.3 is 0 Å². The van der Waals surface area contributed by atoms with E-state index in [1.165, 1.54) is 5.56 Å². The van der Waals surface area contributed by atoms with E-state index in [-0.39, 0.29) is 0 Å². The Morgan fingerprint density at radius 1 is 1.38 bits per heavy atom. The normalized spacial score (nSPS) is 11.1. The predicted octanol–water partition coefficient (Wildman–Crippen LogP) is 2.33. The van der Waals surface area contributed by atoms with Crippen LogP contribution in [0.2, 0.25) is 0 Å². The number of hydrogen-bond donors (Lipinski definition) is 2. The maximum atomic E-state index is 5.76. The van der Waals surface area contributed by atoms with Crippen molar-refractivity contribution in [1.82, 2.24) is 4.90 Å². The van der Waals surface area contributed by atoms with Crippen LogP contribution in [0.25, 0.3) is 0 Å². The Balaban J connectivity index is 2.45. The second-order valence-corrected chi connectivity index (χ2v) is 4.58. The fourth-order valence-electron chi connectivity index (χ4n) is 1.46. The molecular formula is C13H23N3. The SMILES string of the molecule is Cc1ccc(N)cc1NCCN(C)C(C)C. The highest BCUT2D eigenvalue weighted by molar-refractivity contribution is 5.59. The van der Waals surface area contributed by atoms with E-state index in [0.29, 0.717) is 6.04 Å². The van der Waals surface area contributed by atoms with Crippen molar-refractivity contribution in [2.24, 2.45) is 0 Å². The van der Waals surface area contributed by atoms with Gasteiger partial charge in [-0.25, -0.2) is 0 Å². The molecular weight excluding hydrogens is 198 g/mol. The van der Waals surface area contributed by atoms with Gasteiger partial charge in [0.15, 0.2) is 0 Å². The Bertz CT molecular complexity index is 334. The van der Waals surface area contributed by atoms with Crippen LogP contribution in [-0.4, -0.2) is 31.1 Å². The first kappa shape index (κ1) is 12.8. The molecule has 0 atom stereocenters. The molecule has 0 fully saturated rings. The van der Waals surface area contributed by atoms with Gasteiger partial charge in [-0.15, -0.1) is 0 Å². The van der Waals surface area contributed by atoms with Gasteiger partial charge < -0.3 is 16.0 Å². The van der Waals surface area contributed by atoms with Crippen LogP contribution in [0.5, 0.6) is 0 Å². The minimum absolute atomic E-state index is 0.587. The zero-order valence-electron chi connectivity index (χ0n) is 10.7. The number of benzene rings is 1. The van der Waals surface area contributed by atoms with Crippen LogP contribution in [0.3, 0.4) is 0 Å². The smallest absolute Gasteiger partial charge is 0.0390 e. The maximum absolute atomic E-state index is 5.76. The summed E-state index contributed by atoms with van der Waals surface area (Å²) in [4.78, 5) is 2.31. The van der Waals surface area contributed by atoms with E-state index in [9.17, 15) is 0 Å². The van der Waals surface area contributed by atoms with Crippen molar-refractivity contribution in [2.75, 3.05) is 31.2 Å². The number of anilines is 2. The topological polar surface area (TPSA) is 41.3 Å². The second-order valence-electron chi connectivity index (χ2n) is 4.58. The van der Waals surface area contributed by atoms with Crippen molar-refractivity contribution in [2.45, 2.75) is 26.8 Å². The highest BCUT2D eigenvalue weighted by Gasteiger charge is 2.03. The molecule has 0 aliphatic rings. The molecule has 0 unspecified atom stereocenters. The zero-order chi connectivity index (χ0) is 12.1. The fourth-order valence-corrected chi connectivity index (χ4v) is 1.46. The van der Waals surface area contributed by atoms with Gasteiger partial charge in [0.2, 0.25) is 0 Å². The molecule has 0 heterocycles. The van der Waals surface area contributed by atoms with Crippen molar-refractivity contribution in [1.29, 1.82) is 0 Å². The number of nitrogens with two attached hydrogens (primary N) is 1. The van der Waals surface area contributed by atoms with E-state index < -0.39 is 0 Å². The van der Waals surface area contributed by atoms with E-state index in [1.54, 1.807) is 0 Å². The van der Waals surface area contributed by atoms with Gasteiger partial charge in [0.25, 0.3) is 0 Å². The van der Waals surface area contributed by atoms with Gasteiger partial charge in [0.1, 0.15) is 0 Å². The Morgan fingerprint density at radius 3 is 2.69 bits per heavy atom. The average molecular weight is 221 g/mol. The minimum atomic E-state index is 0.587. The molecule has 3 heteroatoms. The molecule has 0 amide bonds. The van der Waals surface area contributed by atoms with Crippen molar-refractivity contribution >= 4 is 11.4 Å². The Labute approximate surface area is 98.6 Å². The first-order chi connectivity index (χ1) is 7.50. The lowest BCUT2D eigenvalue weighted by Crippen LogP contribution is -2.31. The molecule has 3 N–H and O–H groups in total. The van der Waals surface area contributed by atoms with E-state index in [4.69, 9.17) is 5.73 Å². The molecule has 0 aromatic heterocycles. The van der Waals surface area contributed by atoms with Gasteiger partial charge in [-0.1, -0.05) is 6.07 Å². The highest BCUT2D eigenvalue weighted by Crippen LogP contribution is 2.17. The third-order valence-corrected chi connectivity index (χ3v) is 2.92. The van der Waals surface area contributed by atoms with Crippen LogP contribution in [0.1, 0.15) is 19.4 Å². The Hall–Kier alpha value is -1.22. The summed E-state index contributed by atoms with van der Waals surface area (Å²) in [6.07, 6.45) is 0. The molecule has 16 heavy (non-hydrogen) atoms. The quantitative estimate of drug-likeness (QED) is 0.750. The molecule has 0 saturated heterocycles. The molecule has 3 nitrogen and oxygen atoms in total. The number of nitrogen functional groups attached to an aromatic ring is 1. The van der Waals surface area contributed by atoms with Crippen LogP contribution < -0.4 is 11.1 Å². The van der Waals surface area contributed by atoms with Gasteiger partial charge in [0.05, 0.1) is 0 Å². The number of nitrogens with zero attached hydrogens (tertiary/aromatic N) is 1. The molecule has 0 aliphatic heterocycles. The average Bonchev–Trinajstić information content (AvgIpc) is 2.22. The number of rotatable bonds is 5. The summed E-state index contributed by atoms with van der Waals surface area (Å²) >= 11 is 0. The van der Waals surface area contributed by atoms with E-state index >= 15 is 0 Å². The summed E-state index contributed by atoms with van der Waals surface area (Å²) in [5.41, 5.74) is 8.94. The summed E-state index contributed by atoms with van der Waals surface area (Å²) in [6, 6.07) is 6.55. The molecule has 0 spiro atoms. The number of aryl methyl sites for hydroxylation is 1. The lowest BCUT2D eigenvalue weighted by molar-refractivity contribution is 0.284. The molecule has 0 radical (unpaired) electrons. The molecule has 0 bridgehead atoms. The Kier molecular flexibility index (Phi) is 4.62. The van der Waals surface area contributed by atoms with E-state index in [0.717, 1.165) is 24.5 Å². The lowest BCUT2D eigenvalue weighted by Gasteiger charge is -2.21. The lowest BCUT2D eigenvalue weighted by atomic mass is 10.2. The molecule has 1 aromatic rings. The zero-order valence-corrected chi connectivity index (χ0v) is 10.7. The summed E-state index contributed by atoms with van der Waals surface area (Å²) in [5.74, 6) is 0. The van der Waals surface area contributed by atoms with Crippen molar-refractivity contribution in [3.63, 3.8) is 0 Å². The highest BCUT2D eigenvalue weighted by atomic mass is 15.1. The molecule has 1 aromatic carbocycles. The van der Waals surface area contributed by atoms with Crippen LogP contribution in [0.15, 0.2) is 18.2 Å². The molecule has 0 saturated carbocycles. The van der Waals surface area contributed by atoms with Crippen molar-refractivity contribution in [3.8, 4) is 0 Å². The Morgan fingerprint density at radius 2 is 2.06 bits per heavy atom. The summed E-state index contributed by atoms with van der Waals surface area (Å²) in [7, 11) is 2.14. The number of nitrogens with one attached hydrogen (secondary N) is 1. The first-order valence-electron chi connectivity index (χ1n) is 5.81. The third-order valence-electron chi connectivity index (χ3n) is 2.92. The second kappa shape index (κ2) is 5.75.